The van der Waals surface area contributed by atoms with Crippen LogP contribution >= 0.6 is 0 Å². The normalized spacial score (nSPS) is 20.2. The van der Waals surface area contributed by atoms with E-state index < -0.39 is 0 Å². The smallest absolute Gasteiger partial charge is 0.253 e. The number of rotatable bonds is 4. The van der Waals surface area contributed by atoms with E-state index in [9.17, 15) is 9.59 Å². The number of hydrogen-bond acceptors (Lipinski definition) is 2. The molecule has 0 aliphatic carbocycles. The predicted molar refractivity (Wildman–Crippen MR) is 97.5 cm³/mol. The van der Waals surface area contributed by atoms with E-state index in [1.165, 1.54) is 5.56 Å². The third-order valence-electron chi connectivity index (χ3n) is 4.99. The third kappa shape index (κ3) is 3.76. The number of benzene rings is 1. The van der Waals surface area contributed by atoms with Crippen molar-refractivity contribution in [2.75, 3.05) is 0 Å². The quantitative estimate of drug-likeness (QED) is 0.899. The van der Waals surface area contributed by atoms with E-state index in [1.54, 1.807) is 0 Å². The Bertz CT molecular complexity index is 780. The summed E-state index contributed by atoms with van der Waals surface area (Å²) in [4.78, 5) is 24.2. The van der Waals surface area contributed by atoms with E-state index in [0.29, 0.717) is 18.4 Å². The Kier molecular flexibility index (Phi) is 4.93. The Morgan fingerprint density at radius 1 is 1.28 bits per heavy atom. The maximum absolute atomic E-state index is 12.7. The molecule has 0 saturated carbocycles. The van der Waals surface area contributed by atoms with Gasteiger partial charge in [0, 0.05) is 36.4 Å². The Morgan fingerprint density at radius 3 is 2.68 bits per heavy atom. The minimum Gasteiger partial charge on any atom is -0.352 e. The van der Waals surface area contributed by atoms with E-state index >= 15 is 0 Å². The monoisotopic (exact) mass is 339 g/mol. The van der Waals surface area contributed by atoms with Gasteiger partial charge in [0.05, 0.1) is 5.56 Å². The highest BCUT2D eigenvalue weighted by Gasteiger charge is 2.27. The Hall–Kier alpha value is -2.56. The van der Waals surface area contributed by atoms with Crippen LogP contribution in [0.15, 0.2) is 36.4 Å². The summed E-state index contributed by atoms with van der Waals surface area (Å²) in [7, 11) is 0. The zero-order valence-corrected chi connectivity index (χ0v) is 15.0. The first kappa shape index (κ1) is 17.3. The summed E-state index contributed by atoms with van der Waals surface area (Å²) in [5.41, 5.74) is 3.94. The van der Waals surface area contributed by atoms with Crippen LogP contribution in [0, 0.1) is 13.8 Å². The highest BCUT2D eigenvalue weighted by atomic mass is 16.2. The summed E-state index contributed by atoms with van der Waals surface area (Å²) in [5.74, 6) is -0.0144. The molecule has 1 fully saturated rings. The minimum absolute atomic E-state index is 0.0256. The van der Waals surface area contributed by atoms with Gasteiger partial charge in [0.15, 0.2) is 0 Å². The number of carbonyl (C=O) groups is 2. The minimum atomic E-state index is -0.0691. The van der Waals surface area contributed by atoms with Crippen molar-refractivity contribution in [2.45, 2.75) is 52.2 Å². The molecule has 25 heavy (non-hydrogen) atoms. The summed E-state index contributed by atoms with van der Waals surface area (Å²) in [6.07, 6.45) is 1.14. The van der Waals surface area contributed by atoms with Crippen LogP contribution in [0.5, 0.6) is 0 Å². The Morgan fingerprint density at radius 2 is 2.00 bits per heavy atom. The van der Waals surface area contributed by atoms with Gasteiger partial charge in [-0.3, -0.25) is 9.59 Å². The van der Waals surface area contributed by atoms with E-state index in [0.717, 1.165) is 17.9 Å². The second-order valence-corrected chi connectivity index (χ2v) is 6.83. The van der Waals surface area contributed by atoms with Crippen molar-refractivity contribution in [1.29, 1.82) is 0 Å². The lowest BCUT2D eigenvalue weighted by molar-refractivity contribution is -0.123. The van der Waals surface area contributed by atoms with Gasteiger partial charge in [0.2, 0.25) is 5.91 Å². The summed E-state index contributed by atoms with van der Waals surface area (Å²) in [6.45, 7) is 6.69. The molecule has 5 nitrogen and oxygen atoms in total. The molecule has 132 valence electrons. The molecule has 2 heterocycles. The fraction of sp³-hybridized carbons (Fsp3) is 0.400. The van der Waals surface area contributed by atoms with Gasteiger partial charge in [-0.1, -0.05) is 30.3 Å². The van der Waals surface area contributed by atoms with Crippen LogP contribution in [-0.4, -0.2) is 28.5 Å². The molecule has 0 bridgehead atoms. The molecule has 1 aromatic heterocycles. The molecule has 0 spiro atoms. The van der Waals surface area contributed by atoms with Gasteiger partial charge in [0.25, 0.3) is 5.91 Å². The van der Waals surface area contributed by atoms with Gasteiger partial charge >= 0.3 is 0 Å². The third-order valence-corrected chi connectivity index (χ3v) is 4.99. The first-order chi connectivity index (χ1) is 12.0. The molecule has 2 unspecified atom stereocenters. The molecule has 2 aromatic rings. The zero-order valence-electron chi connectivity index (χ0n) is 15.0. The maximum atomic E-state index is 12.7. The molecule has 2 amide bonds. The van der Waals surface area contributed by atoms with Crippen LogP contribution in [0.4, 0.5) is 0 Å². The fourth-order valence-corrected chi connectivity index (χ4v) is 3.45. The second-order valence-electron chi connectivity index (χ2n) is 6.83. The van der Waals surface area contributed by atoms with Crippen molar-refractivity contribution < 1.29 is 9.59 Å². The van der Waals surface area contributed by atoms with Crippen LogP contribution in [0.3, 0.4) is 0 Å². The molecule has 1 aromatic carbocycles. The summed E-state index contributed by atoms with van der Waals surface area (Å²) in [5, 5.41) is 5.97. The highest BCUT2D eigenvalue weighted by molar-refractivity contribution is 5.96. The van der Waals surface area contributed by atoms with Crippen molar-refractivity contribution in [3.63, 3.8) is 0 Å². The van der Waals surface area contributed by atoms with E-state index in [-0.39, 0.29) is 23.9 Å². The molecule has 1 aliphatic heterocycles. The van der Waals surface area contributed by atoms with Crippen LogP contribution in [0.25, 0.3) is 0 Å². The van der Waals surface area contributed by atoms with Gasteiger partial charge in [-0.25, -0.2) is 0 Å². The molecule has 2 atom stereocenters. The standard InChI is InChI=1S/C20H25N3O2/c1-13-11-17(15(3)23(13)12-16-7-5-4-6-8-16)20(25)22-18-9-10-19(24)21-14(18)2/h4-8,11,14,18H,9-10,12H2,1-3H3,(H,21,24)(H,22,25). The van der Waals surface area contributed by atoms with Gasteiger partial charge < -0.3 is 15.2 Å². The van der Waals surface area contributed by atoms with Gasteiger partial charge in [-0.2, -0.15) is 0 Å². The number of nitrogens with one attached hydrogen (secondary N) is 2. The fourth-order valence-electron chi connectivity index (χ4n) is 3.45. The molecule has 1 aliphatic rings. The number of nitrogens with zero attached hydrogens (tertiary/aromatic N) is 1. The topological polar surface area (TPSA) is 63.1 Å². The lowest BCUT2D eigenvalue weighted by Crippen LogP contribution is -2.54. The van der Waals surface area contributed by atoms with Crippen LogP contribution < -0.4 is 10.6 Å². The average molecular weight is 339 g/mol. The van der Waals surface area contributed by atoms with Gasteiger partial charge in [-0.05, 0) is 38.8 Å². The first-order valence-electron chi connectivity index (χ1n) is 8.76. The Balaban J connectivity index is 1.75. The maximum Gasteiger partial charge on any atom is 0.253 e. The van der Waals surface area contributed by atoms with Crippen LogP contribution in [0.2, 0.25) is 0 Å². The number of aromatic nitrogens is 1. The van der Waals surface area contributed by atoms with Crippen LogP contribution in [-0.2, 0) is 11.3 Å². The van der Waals surface area contributed by atoms with E-state index in [1.807, 2.05) is 45.0 Å². The largest absolute Gasteiger partial charge is 0.352 e. The second kappa shape index (κ2) is 7.13. The predicted octanol–water partition coefficient (Wildman–Crippen LogP) is 2.55. The Labute approximate surface area is 148 Å². The van der Waals surface area contributed by atoms with Gasteiger partial charge in [-0.15, -0.1) is 0 Å². The van der Waals surface area contributed by atoms with Crippen molar-refractivity contribution >= 4 is 11.8 Å². The van der Waals surface area contributed by atoms with E-state index in [4.69, 9.17) is 0 Å². The van der Waals surface area contributed by atoms with Crippen molar-refractivity contribution in [1.82, 2.24) is 15.2 Å². The molecule has 2 N–H and O–H groups in total. The number of amides is 2. The van der Waals surface area contributed by atoms with Crippen LogP contribution in [0.1, 0.15) is 47.1 Å². The number of carbonyl (C=O) groups excluding carboxylic acids is 2. The molecule has 1 saturated heterocycles. The molecule has 3 rings (SSSR count). The molecular weight excluding hydrogens is 314 g/mol. The van der Waals surface area contributed by atoms with Gasteiger partial charge in [0.1, 0.15) is 0 Å². The summed E-state index contributed by atoms with van der Waals surface area (Å²) in [6, 6.07) is 12.1. The number of piperidine rings is 1. The lowest BCUT2D eigenvalue weighted by Gasteiger charge is -2.30. The van der Waals surface area contributed by atoms with E-state index in [2.05, 4.69) is 27.3 Å². The number of aryl methyl sites for hydroxylation is 1. The number of hydrogen-bond donors (Lipinski definition) is 2. The van der Waals surface area contributed by atoms with Crippen molar-refractivity contribution in [2.24, 2.45) is 0 Å². The zero-order chi connectivity index (χ0) is 18.0. The average Bonchev–Trinajstić information content (AvgIpc) is 2.86. The SMILES string of the molecule is Cc1cc(C(=O)NC2CCC(=O)NC2C)c(C)n1Cc1ccccc1. The molecular formula is C20H25N3O2. The summed E-state index contributed by atoms with van der Waals surface area (Å²) < 4.78 is 2.16. The highest BCUT2D eigenvalue weighted by Crippen LogP contribution is 2.18. The molecule has 5 heteroatoms. The first-order valence-corrected chi connectivity index (χ1v) is 8.76. The van der Waals surface area contributed by atoms with Crippen molar-refractivity contribution in [3.8, 4) is 0 Å². The lowest BCUT2D eigenvalue weighted by atomic mass is 9.99. The summed E-state index contributed by atoms with van der Waals surface area (Å²) >= 11 is 0. The molecule has 0 radical (unpaired) electrons. The van der Waals surface area contributed by atoms with Crippen molar-refractivity contribution in [3.05, 3.63) is 58.9 Å².